The minimum atomic E-state index is -2.28. The monoisotopic (exact) mass is 487 g/mol. The van der Waals surface area contributed by atoms with Crippen molar-refractivity contribution in [3.63, 3.8) is 0 Å². The van der Waals surface area contributed by atoms with E-state index < -0.39 is 58.9 Å². The van der Waals surface area contributed by atoms with E-state index >= 15 is 8.78 Å². The van der Waals surface area contributed by atoms with Crippen molar-refractivity contribution in [2.75, 3.05) is 12.2 Å². The highest BCUT2D eigenvalue weighted by molar-refractivity contribution is 6.06. The number of anilines is 1. The molecular weight excluding hydrogens is 459 g/mol. The number of allylic oxidation sites excluding steroid dienone is 6. The van der Waals surface area contributed by atoms with Crippen molar-refractivity contribution in [3.05, 3.63) is 59.2 Å². The minimum Gasteiger partial charge on any atom is -0.390 e. The molecule has 0 aromatic heterocycles. The van der Waals surface area contributed by atoms with Crippen LogP contribution in [0.5, 0.6) is 0 Å². The molecule has 5 rings (SSSR count). The van der Waals surface area contributed by atoms with Crippen LogP contribution in [0.15, 0.2) is 53.6 Å². The van der Waals surface area contributed by atoms with Gasteiger partial charge in [-0.2, -0.15) is 0 Å². The lowest BCUT2D eigenvalue weighted by atomic mass is 9.45. The molecule has 2 saturated carbocycles. The first-order chi connectivity index (χ1) is 16.5. The molecule has 5 nitrogen and oxygen atoms in total. The molecule has 0 heterocycles. The van der Waals surface area contributed by atoms with Crippen LogP contribution in [0.4, 0.5) is 18.9 Å². The molecular formula is C27H28F3NO4. The third-order valence-electron chi connectivity index (χ3n) is 9.06. The molecule has 0 unspecified atom stereocenters. The van der Waals surface area contributed by atoms with Gasteiger partial charge in [-0.1, -0.05) is 25.1 Å². The maximum absolute atomic E-state index is 17.3. The predicted octanol–water partition coefficient (Wildman–Crippen LogP) is 4.71. The first-order valence-corrected chi connectivity index (χ1v) is 11.8. The van der Waals surface area contributed by atoms with Crippen molar-refractivity contribution in [2.45, 2.75) is 51.1 Å². The van der Waals surface area contributed by atoms with Crippen LogP contribution in [0.3, 0.4) is 0 Å². The summed E-state index contributed by atoms with van der Waals surface area (Å²) < 4.78 is 46.6. The number of rotatable bonds is 4. The van der Waals surface area contributed by atoms with Crippen LogP contribution in [-0.2, 0) is 9.59 Å². The maximum Gasteiger partial charge on any atom is 0.190 e. The summed E-state index contributed by atoms with van der Waals surface area (Å²) in [7, 11) is 0. The number of nitrogens with one attached hydrogen (secondary N) is 1. The smallest absolute Gasteiger partial charge is 0.190 e. The van der Waals surface area contributed by atoms with E-state index in [1.807, 2.05) is 0 Å². The molecule has 1 aromatic carbocycles. The Morgan fingerprint density at radius 3 is 2.69 bits per heavy atom. The summed E-state index contributed by atoms with van der Waals surface area (Å²) in [5, 5.41) is 20.7. The van der Waals surface area contributed by atoms with E-state index in [0.717, 1.165) is 6.08 Å². The summed E-state index contributed by atoms with van der Waals surface area (Å²) in [5.74, 6) is -2.72. The summed E-state index contributed by atoms with van der Waals surface area (Å²) in [6.45, 7) is 1.99. The van der Waals surface area contributed by atoms with Gasteiger partial charge in [0.15, 0.2) is 23.9 Å². The van der Waals surface area contributed by atoms with Crippen molar-refractivity contribution >= 4 is 22.8 Å². The predicted molar refractivity (Wildman–Crippen MR) is 124 cm³/mol. The fourth-order valence-corrected chi connectivity index (χ4v) is 7.48. The van der Waals surface area contributed by atoms with Gasteiger partial charge in [-0.05, 0) is 73.1 Å². The number of hydrogen-bond donors (Lipinski definition) is 3. The maximum atomic E-state index is 17.3. The molecule has 4 aliphatic rings. The molecule has 0 amide bonds. The lowest BCUT2D eigenvalue weighted by Crippen LogP contribution is -2.68. The zero-order valence-electron chi connectivity index (χ0n) is 19.5. The van der Waals surface area contributed by atoms with Gasteiger partial charge in [0, 0.05) is 22.3 Å². The Morgan fingerprint density at radius 1 is 1.26 bits per heavy atom. The molecule has 0 bridgehead atoms. The molecule has 2 fully saturated rings. The first kappa shape index (κ1) is 24.0. The summed E-state index contributed by atoms with van der Waals surface area (Å²) in [4.78, 5) is 24.9. The van der Waals surface area contributed by atoms with E-state index in [9.17, 15) is 24.3 Å². The highest BCUT2D eigenvalue weighted by Gasteiger charge is 2.72. The number of alkyl halides is 3. The number of halogens is 3. The molecule has 35 heavy (non-hydrogen) atoms. The van der Waals surface area contributed by atoms with Gasteiger partial charge in [0.25, 0.3) is 0 Å². The molecule has 0 saturated heterocycles. The van der Waals surface area contributed by atoms with Crippen molar-refractivity contribution in [1.82, 2.24) is 0 Å². The molecule has 4 aliphatic carbocycles. The zero-order chi connectivity index (χ0) is 25.3. The third-order valence-corrected chi connectivity index (χ3v) is 9.06. The standard InChI is InChI=1S/C27H28F3NO4/c1-25-12-23(34)27(30)19(11-21(29)20-9-16(32)6-7-26(20,27)2)18(25)10-17(24(25)22(33)13-28)14-4-3-5-15(8-14)31-35/h3-9,18-19,21,23,31,34-35H,10-13H2,1-2H3/t18-,19-,21-,23-,25-,26-,27-/m0/s1. The fourth-order valence-electron chi connectivity index (χ4n) is 7.48. The lowest BCUT2D eigenvalue weighted by Gasteiger charge is -2.62. The van der Waals surface area contributed by atoms with E-state index in [1.54, 1.807) is 31.2 Å². The van der Waals surface area contributed by atoms with E-state index in [-0.39, 0.29) is 30.4 Å². The van der Waals surface area contributed by atoms with Crippen LogP contribution in [-0.4, -0.2) is 46.5 Å². The number of aliphatic hydroxyl groups is 1. The third kappa shape index (κ3) is 3.08. The van der Waals surface area contributed by atoms with Gasteiger partial charge in [-0.25, -0.2) is 13.2 Å². The number of fused-ring (bicyclic) bond motifs is 5. The summed E-state index contributed by atoms with van der Waals surface area (Å²) in [5.41, 5.74) is -1.17. The van der Waals surface area contributed by atoms with Gasteiger partial charge in [0.1, 0.15) is 6.17 Å². The zero-order valence-corrected chi connectivity index (χ0v) is 19.5. The van der Waals surface area contributed by atoms with Gasteiger partial charge in [-0.3, -0.25) is 20.3 Å². The number of carbonyl (C=O) groups is 2. The van der Waals surface area contributed by atoms with E-state index in [0.29, 0.717) is 16.8 Å². The van der Waals surface area contributed by atoms with Gasteiger partial charge >= 0.3 is 0 Å². The second kappa shape index (κ2) is 7.90. The first-order valence-electron chi connectivity index (χ1n) is 11.8. The fraction of sp³-hybridized carbons (Fsp3) is 0.481. The summed E-state index contributed by atoms with van der Waals surface area (Å²) in [6, 6.07) is 6.60. The summed E-state index contributed by atoms with van der Waals surface area (Å²) in [6.07, 6.45) is 0.343. The van der Waals surface area contributed by atoms with E-state index in [2.05, 4.69) is 5.48 Å². The Labute approximate surface area is 201 Å². The van der Waals surface area contributed by atoms with Gasteiger partial charge < -0.3 is 5.11 Å². The van der Waals surface area contributed by atoms with Gasteiger partial charge in [0.2, 0.25) is 0 Å². The Kier molecular flexibility index (Phi) is 5.42. The number of aliphatic hydroxyl groups excluding tert-OH is 1. The number of hydrogen-bond acceptors (Lipinski definition) is 5. The van der Waals surface area contributed by atoms with Crippen molar-refractivity contribution in [2.24, 2.45) is 22.7 Å². The highest BCUT2D eigenvalue weighted by atomic mass is 19.1. The Bertz CT molecular complexity index is 1210. The highest BCUT2D eigenvalue weighted by Crippen LogP contribution is 2.69. The molecule has 186 valence electrons. The van der Waals surface area contributed by atoms with Gasteiger partial charge in [-0.15, -0.1) is 0 Å². The van der Waals surface area contributed by atoms with Crippen LogP contribution in [0.2, 0.25) is 0 Å². The van der Waals surface area contributed by atoms with Crippen LogP contribution < -0.4 is 5.48 Å². The normalized spacial score (nSPS) is 40.1. The quantitative estimate of drug-likeness (QED) is 0.536. The lowest BCUT2D eigenvalue weighted by molar-refractivity contribution is -0.192. The molecule has 0 spiro atoms. The number of ketones is 2. The molecule has 8 heteroatoms. The second-order valence-corrected chi connectivity index (χ2v) is 10.7. The van der Waals surface area contributed by atoms with Crippen LogP contribution in [0, 0.1) is 22.7 Å². The molecule has 7 atom stereocenters. The minimum absolute atomic E-state index is 0.0272. The Hall–Kier alpha value is -2.71. The average Bonchev–Trinajstić information content (AvgIpc) is 3.14. The SMILES string of the molecule is C[C@]12C=CC(=O)C=C1[C@@H](F)C[C@H]1[C@@H]3CC(c4cccc(NO)c4)=C(C(=O)CF)[C@@]3(C)C[C@H](O)[C@@]12F. The largest absolute Gasteiger partial charge is 0.390 e. The Morgan fingerprint density at radius 2 is 2.00 bits per heavy atom. The van der Waals surface area contributed by atoms with E-state index in [1.165, 1.54) is 19.1 Å². The Balaban J connectivity index is 1.67. The van der Waals surface area contributed by atoms with Crippen molar-refractivity contribution < 1.29 is 33.1 Å². The summed E-state index contributed by atoms with van der Waals surface area (Å²) >= 11 is 0. The van der Waals surface area contributed by atoms with Crippen LogP contribution >= 0.6 is 0 Å². The van der Waals surface area contributed by atoms with Crippen molar-refractivity contribution in [1.29, 1.82) is 0 Å². The molecule has 0 aliphatic heterocycles. The average molecular weight is 488 g/mol. The van der Waals surface area contributed by atoms with E-state index in [4.69, 9.17) is 0 Å². The molecule has 3 N–H and O–H groups in total. The van der Waals surface area contributed by atoms with Crippen LogP contribution in [0.1, 0.15) is 38.7 Å². The van der Waals surface area contributed by atoms with Gasteiger partial charge in [0.05, 0.1) is 11.8 Å². The topological polar surface area (TPSA) is 86.6 Å². The second-order valence-electron chi connectivity index (χ2n) is 10.7. The van der Waals surface area contributed by atoms with Crippen LogP contribution in [0.25, 0.3) is 5.57 Å². The number of carbonyl (C=O) groups excluding carboxylic acids is 2. The molecule has 1 aromatic rings. The number of benzene rings is 1. The van der Waals surface area contributed by atoms with Crippen molar-refractivity contribution in [3.8, 4) is 0 Å². The number of Topliss-reactive ketones (excluding diaryl/α,β-unsaturated/α-hetero) is 1. The molecule has 0 radical (unpaired) electrons.